The van der Waals surface area contributed by atoms with E-state index in [1.165, 1.54) is 0 Å². The number of carbonyl (C=O) groups excluding carboxylic acids is 2. The third-order valence-corrected chi connectivity index (χ3v) is 4.74. The Bertz CT molecular complexity index is 581. The molecule has 1 N–H and O–H groups in total. The molecule has 7 heteroatoms. The lowest BCUT2D eigenvalue weighted by Gasteiger charge is -2.35. The molecule has 0 spiro atoms. The molecule has 2 aliphatic heterocycles. The lowest BCUT2D eigenvalue weighted by atomic mass is 10.0. The third kappa shape index (κ3) is 3.50. The zero-order chi connectivity index (χ0) is 16.4. The van der Waals surface area contributed by atoms with Crippen LogP contribution in [0.5, 0.6) is 0 Å². The van der Waals surface area contributed by atoms with Crippen LogP contribution in [0.25, 0.3) is 0 Å². The highest BCUT2D eigenvalue weighted by Crippen LogP contribution is 2.20. The van der Waals surface area contributed by atoms with Crippen molar-refractivity contribution in [3.05, 3.63) is 23.5 Å². The lowest BCUT2D eigenvalue weighted by Crippen LogP contribution is -2.50. The van der Waals surface area contributed by atoms with Gasteiger partial charge in [0, 0.05) is 32.7 Å². The van der Waals surface area contributed by atoms with Crippen LogP contribution in [0.3, 0.4) is 0 Å². The minimum absolute atomic E-state index is 0.0274. The maximum atomic E-state index is 12.2. The SMILES string of the molecule is Cc1ccc(C(=O)NC2CCN(C3CCN(C)C3=O)CC2)nn1. The van der Waals surface area contributed by atoms with Crippen LogP contribution >= 0.6 is 0 Å². The van der Waals surface area contributed by atoms with Gasteiger partial charge in [-0.05, 0) is 38.3 Å². The van der Waals surface area contributed by atoms with Gasteiger partial charge >= 0.3 is 0 Å². The highest BCUT2D eigenvalue weighted by molar-refractivity contribution is 5.92. The number of aromatic nitrogens is 2. The molecular weight excluding hydrogens is 294 g/mol. The first-order chi connectivity index (χ1) is 11.0. The average molecular weight is 317 g/mol. The Labute approximate surface area is 136 Å². The molecule has 2 amide bonds. The number of hydrogen-bond donors (Lipinski definition) is 1. The maximum absolute atomic E-state index is 12.2. The quantitative estimate of drug-likeness (QED) is 0.862. The second-order valence-electron chi connectivity index (χ2n) is 6.41. The minimum atomic E-state index is -0.173. The fourth-order valence-corrected chi connectivity index (χ4v) is 3.28. The van der Waals surface area contributed by atoms with E-state index in [1.54, 1.807) is 17.0 Å². The zero-order valence-electron chi connectivity index (χ0n) is 13.7. The number of hydrogen-bond acceptors (Lipinski definition) is 5. The van der Waals surface area contributed by atoms with Crippen LogP contribution in [-0.4, -0.2) is 70.6 Å². The monoisotopic (exact) mass is 317 g/mol. The minimum Gasteiger partial charge on any atom is -0.348 e. The molecule has 1 aromatic heterocycles. The Morgan fingerprint density at radius 3 is 2.48 bits per heavy atom. The molecule has 0 radical (unpaired) electrons. The van der Waals surface area contributed by atoms with Gasteiger partial charge in [-0.1, -0.05) is 0 Å². The highest BCUT2D eigenvalue weighted by Gasteiger charge is 2.35. The maximum Gasteiger partial charge on any atom is 0.272 e. The van der Waals surface area contributed by atoms with Crippen LogP contribution in [-0.2, 0) is 4.79 Å². The summed E-state index contributed by atoms with van der Waals surface area (Å²) in [6.07, 6.45) is 2.63. The molecule has 0 saturated carbocycles. The van der Waals surface area contributed by atoms with Crippen molar-refractivity contribution in [2.75, 3.05) is 26.7 Å². The summed E-state index contributed by atoms with van der Waals surface area (Å²) in [5.41, 5.74) is 1.15. The number of rotatable bonds is 3. The molecule has 23 heavy (non-hydrogen) atoms. The lowest BCUT2D eigenvalue weighted by molar-refractivity contribution is -0.131. The molecule has 0 bridgehead atoms. The van der Waals surface area contributed by atoms with Crippen LogP contribution in [0.2, 0.25) is 0 Å². The molecule has 124 valence electrons. The van der Waals surface area contributed by atoms with Crippen LogP contribution in [0, 0.1) is 6.92 Å². The molecule has 2 fully saturated rings. The van der Waals surface area contributed by atoms with E-state index in [2.05, 4.69) is 20.4 Å². The predicted molar refractivity (Wildman–Crippen MR) is 84.9 cm³/mol. The van der Waals surface area contributed by atoms with Crippen molar-refractivity contribution >= 4 is 11.8 Å². The summed E-state index contributed by atoms with van der Waals surface area (Å²) in [4.78, 5) is 28.3. The van der Waals surface area contributed by atoms with E-state index >= 15 is 0 Å². The molecule has 7 nitrogen and oxygen atoms in total. The van der Waals surface area contributed by atoms with Gasteiger partial charge < -0.3 is 10.2 Å². The summed E-state index contributed by atoms with van der Waals surface area (Å²) in [7, 11) is 1.86. The first kappa shape index (κ1) is 15.9. The third-order valence-electron chi connectivity index (χ3n) is 4.74. The van der Waals surface area contributed by atoms with Crippen molar-refractivity contribution in [3.63, 3.8) is 0 Å². The van der Waals surface area contributed by atoms with Crippen LogP contribution in [0.1, 0.15) is 35.4 Å². The Hall–Kier alpha value is -2.02. The molecule has 0 aliphatic carbocycles. The molecule has 2 saturated heterocycles. The van der Waals surface area contributed by atoms with Crippen molar-refractivity contribution in [3.8, 4) is 0 Å². The zero-order valence-corrected chi connectivity index (χ0v) is 13.7. The van der Waals surface area contributed by atoms with Crippen LogP contribution in [0.15, 0.2) is 12.1 Å². The number of nitrogens with zero attached hydrogens (tertiary/aromatic N) is 4. The van der Waals surface area contributed by atoms with Gasteiger partial charge in [-0.3, -0.25) is 14.5 Å². The number of likely N-dealkylation sites (N-methyl/N-ethyl adjacent to an activating group) is 1. The van der Waals surface area contributed by atoms with Gasteiger partial charge in [0.25, 0.3) is 5.91 Å². The molecular formula is C16H23N5O2. The van der Waals surface area contributed by atoms with Crippen LogP contribution < -0.4 is 5.32 Å². The summed E-state index contributed by atoms with van der Waals surface area (Å²) in [6, 6.07) is 3.64. The molecule has 2 aliphatic rings. The summed E-state index contributed by atoms with van der Waals surface area (Å²) in [5, 5.41) is 10.9. The van der Waals surface area contributed by atoms with E-state index in [4.69, 9.17) is 0 Å². The van der Waals surface area contributed by atoms with E-state index in [1.807, 2.05) is 14.0 Å². The average Bonchev–Trinajstić information content (AvgIpc) is 2.88. The summed E-state index contributed by atoms with van der Waals surface area (Å²) >= 11 is 0. The fourth-order valence-electron chi connectivity index (χ4n) is 3.28. The normalized spacial score (nSPS) is 23.3. The number of carbonyl (C=O) groups is 2. The number of likely N-dealkylation sites (tertiary alicyclic amines) is 2. The Morgan fingerprint density at radius 1 is 1.17 bits per heavy atom. The highest BCUT2D eigenvalue weighted by atomic mass is 16.2. The van der Waals surface area contributed by atoms with E-state index in [0.29, 0.717) is 5.69 Å². The molecule has 1 atom stereocenters. The van der Waals surface area contributed by atoms with Crippen molar-refractivity contribution in [2.24, 2.45) is 0 Å². The Morgan fingerprint density at radius 2 is 1.91 bits per heavy atom. The number of nitrogens with one attached hydrogen (secondary N) is 1. The molecule has 3 heterocycles. The van der Waals surface area contributed by atoms with E-state index in [9.17, 15) is 9.59 Å². The van der Waals surface area contributed by atoms with Gasteiger partial charge in [0.1, 0.15) is 0 Å². The molecule has 3 rings (SSSR count). The Balaban J connectivity index is 1.50. The van der Waals surface area contributed by atoms with Gasteiger partial charge in [-0.15, -0.1) is 5.10 Å². The van der Waals surface area contributed by atoms with Crippen molar-refractivity contribution < 1.29 is 9.59 Å². The second kappa shape index (κ2) is 6.62. The second-order valence-corrected chi connectivity index (χ2v) is 6.41. The topological polar surface area (TPSA) is 78.4 Å². The molecule has 0 aromatic carbocycles. The van der Waals surface area contributed by atoms with Gasteiger partial charge in [0.2, 0.25) is 5.91 Å². The van der Waals surface area contributed by atoms with Crippen molar-refractivity contribution in [2.45, 2.75) is 38.3 Å². The molecule has 1 aromatic rings. The summed E-state index contributed by atoms with van der Waals surface area (Å²) in [6.45, 7) is 4.36. The standard InChI is InChI=1S/C16H23N5O2/c1-11-3-4-13(19-18-11)15(22)17-12-5-9-21(10-6-12)14-7-8-20(2)16(14)23/h3-4,12,14H,5-10H2,1-2H3,(H,17,22). The Kier molecular flexibility index (Phi) is 4.56. The number of piperidine rings is 1. The van der Waals surface area contributed by atoms with E-state index in [-0.39, 0.29) is 23.9 Å². The first-order valence-electron chi connectivity index (χ1n) is 8.15. The summed E-state index contributed by atoms with van der Waals surface area (Å²) < 4.78 is 0. The van der Waals surface area contributed by atoms with Crippen LogP contribution in [0.4, 0.5) is 0 Å². The molecule has 1 unspecified atom stereocenters. The van der Waals surface area contributed by atoms with E-state index < -0.39 is 0 Å². The smallest absolute Gasteiger partial charge is 0.272 e. The predicted octanol–water partition coefficient (Wildman–Crippen LogP) is 0.210. The van der Waals surface area contributed by atoms with Gasteiger partial charge in [0.05, 0.1) is 11.7 Å². The number of amides is 2. The van der Waals surface area contributed by atoms with Gasteiger partial charge in [0.15, 0.2) is 5.69 Å². The summed E-state index contributed by atoms with van der Waals surface area (Å²) in [5.74, 6) is 0.0510. The van der Waals surface area contributed by atoms with Crippen molar-refractivity contribution in [1.82, 2.24) is 25.3 Å². The first-order valence-corrected chi connectivity index (χ1v) is 8.15. The largest absolute Gasteiger partial charge is 0.348 e. The van der Waals surface area contributed by atoms with Gasteiger partial charge in [-0.25, -0.2) is 0 Å². The van der Waals surface area contributed by atoms with Crippen molar-refractivity contribution in [1.29, 1.82) is 0 Å². The number of aryl methyl sites for hydroxylation is 1. The van der Waals surface area contributed by atoms with Gasteiger partial charge in [-0.2, -0.15) is 5.10 Å². The van der Waals surface area contributed by atoms with E-state index in [0.717, 1.165) is 44.6 Å². The fraction of sp³-hybridized carbons (Fsp3) is 0.625.